The summed E-state index contributed by atoms with van der Waals surface area (Å²) in [5.74, 6) is 1.92. The van der Waals surface area contributed by atoms with Crippen LogP contribution in [-0.2, 0) is 0 Å². The summed E-state index contributed by atoms with van der Waals surface area (Å²) < 4.78 is 0. The number of aryl methyl sites for hydroxylation is 1. The Balaban J connectivity index is 2.38. The number of nitrogens with two attached hydrogens (primary N) is 1. The third-order valence-electron chi connectivity index (χ3n) is 2.33. The van der Waals surface area contributed by atoms with Crippen molar-refractivity contribution in [3.8, 4) is 0 Å². The first kappa shape index (κ1) is 9.58. The molecule has 15 heavy (non-hydrogen) atoms. The largest absolute Gasteiger partial charge is 0.397 e. The smallest absolute Gasteiger partial charge is 0.136 e. The van der Waals surface area contributed by atoms with Gasteiger partial charge in [-0.25, -0.2) is 4.98 Å². The van der Waals surface area contributed by atoms with Gasteiger partial charge in [-0.1, -0.05) is 0 Å². The van der Waals surface area contributed by atoms with E-state index in [1.165, 1.54) is 0 Å². The second-order valence-corrected chi connectivity index (χ2v) is 3.52. The van der Waals surface area contributed by atoms with Crippen LogP contribution in [0.2, 0.25) is 0 Å². The molecule has 0 radical (unpaired) electrons. The molecule has 78 valence electrons. The molecule has 0 aliphatic carbocycles. The molecule has 2 aromatic rings. The Morgan fingerprint density at radius 1 is 1.47 bits per heavy atom. The van der Waals surface area contributed by atoms with Crippen LogP contribution in [-0.4, -0.2) is 17.0 Å². The van der Waals surface area contributed by atoms with Gasteiger partial charge in [0.05, 0.1) is 11.9 Å². The lowest BCUT2D eigenvalue weighted by Gasteiger charge is -2.18. The number of nitrogens with one attached hydrogen (secondary N) is 1. The Kier molecular flexibility index (Phi) is 2.33. The molecule has 0 bridgehead atoms. The highest BCUT2D eigenvalue weighted by molar-refractivity contribution is 5.60. The maximum Gasteiger partial charge on any atom is 0.136 e. The van der Waals surface area contributed by atoms with Gasteiger partial charge >= 0.3 is 0 Å². The maximum atomic E-state index is 5.66. The van der Waals surface area contributed by atoms with Crippen molar-refractivity contribution in [1.29, 1.82) is 0 Å². The number of aromatic amines is 1. The number of rotatable bonds is 2. The topological polar surface area (TPSA) is 57.9 Å². The van der Waals surface area contributed by atoms with Gasteiger partial charge in [0, 0.05) is 13.2 Å². The summed E-state index contributed by atoms with van der Waals surface area (Å²) in [6.07, 6.45) is 3.56. The van der Waals surface area contributed by atoms with Gasteiger partial charge in [0.15, 0.2) is 0 Å². The van der Waals surface area contributed by atoms with E-state index in [0.717, 1.165) is 17.2 Å². The number of anilines is 3. The van der Waals surface area contributed by atoms with Crippen molar-refractivity contribution in [1.82, 2.24) is 9.97 Å². The van der Waals surface area contributed by atoms with E-state index in [0.29, 0.717) is 5.69 Å². The molecule has 0 atom stereocenters. The molecule has 2 heterocycles. The molecule has 0 spiro atoms. The van der Waals surface area contributed by atoms with Crippen LogP contribution < -0.4 is 10.6 Å². The van der Waals surface area contributed by atoms with Crippen LogP contribution in [0.1, 0.15) is 5.56 Å². The molecule has 0 aromatic carbocycles. The highest BCUT2D eigenvalue weighted by Crippen LogP contribution is 2.23. The second kappa shape index (κ2) is 3.65. The summed E-state index contributed by atoms with van der Waals surface area (Å²) in [5, 5.41) is 0. The van der Waals surface area contributed by atoms with E-state index in [2.05, 4.69) is 9.97 Å². The van der Waals surface area contributed by atoms with Crippen LogP contribution >= 0.6 is 0 Å². The minimum atomic E-state index is 0.691. The monoisotopic (exact) mass is 202 g/mol. The summed E-state index contributed by atoms with van der Waals surface area (Å²) in [6, 6.07) is 5.87. The highest BCUT2D eigenvalue weighted by atomic mass is 15.2. The van der Waals surface area contributed by atoms with Gasteiger partial charge in [-0.05, 0) is 30.7 Å². The summed E-state index contributed by atoms with van der Waals surface area (Å²) >= 11 is 0. The van der Waals surface area contributed by atoms with E-state index in [-0.39, 0.29) is 0 Å². The molecule has 0 aliphatic heterocycles. The molecule has 2 aromatic heterocycles. The summed E-state index contributed by atoms with van der Waals surface area (Å²) in [6.45, 7) is 2.00. The fourth-order valence-corrected chi connectivity index (χ4v) is 1.58. The van der Waals surface area contributed by atoms with Crippen LogP contribution in [0.5, 0.6) is 0 Å². The summed E-state index contributed by atoms with van der Waals surface area (Å²) in [5.41, 5.74) is 7.41. The lowest BCUT2D eigenvalue weighted by Crippen LogP contribution is -2.13. The molecule has 0 aliphatic rings. The molecule has 0 saturated heterocycles. The van der Waals surface area contributed by atoms with E-state index < -0.39 is 0 Å². The number of hydrogen-bond donors (Lipinski definition) is 2. The van der Waals surface area contributed by atoms with Crippen molar-refractivity contribution in [3.63, 3.8) is 0 Å². The van der Waals surface area contributed by atoms with Gasteiger partial charge in [0.25, 0.3) is 0 Å². The highest BCUT2D eigenvalue weighted by Gasteiger charge is 2.08. The van der Waals surface area contributed by atoms with Gasteiger partial charge in [0.2, 0.25) is 0 Å². The number of aromatic nitrogens is 2. The van der Waals surface area contributed by atoms with Crippen molar-refractivity contribution in [2.24, 2.45) is 0 Å². The molecule has 0 saturated carbocycles. The van der Waals surface area contributed by atoms with Gasteiger partial charge < -0.3 is 15.6 Å². The zero-order valence-electron chi connectivity index (χ0n) is 8.86. The zero-order valence-corrected chi connectivity index (χ0v) is 8.86. The van der Waals surface area contributed by atoms with E-state index in [1.54, 1.807) is 6.20 Å². The molecule has 4 nitrogen and oxygen atoms in total. The standard InChI is InChI=1S/C11H14N4/c1-8-6-9(12)7-14-11(8)15(2)10-4-3-5-13-10/h3-7,13H,12H2,1-2H3. The molecular weight excluding hydrogens is 188 g/mol. The van der Waals surface area contributed by atoms with Crippen LogP contribution in [0.25, 0.3) is 0 Å². The van der Waals surface area contributed by atoms with Crippen molar-refractivity contribution >= 4 is 17.3 Å². The number of nitrogen functional groups attached to an aromatic ring is 1. The molecule has 2 rings (SSSR count). The van der Waals surface area contributed by atoms with E-state index in [1.807, 2.05) is 43.3 Å². The van der Waals surface area contributed by atoms with E-state index in [9.17, 15) is 0 Å². The van der Waals surface area contributed by atoms with E-state index in [4.69, 9.17) is 5.73 Å². The number of H-pyrrole nitrogens is 1. The predicted molar refractivity (Wildman–Crippen MR) is 62.2 cm³/mol. The van der Waals surface area contributed by atoms with Gasteiger partial charge in [-0.3, -0.25) is 0 Å². The minimum Gasteiger partial charge on any atom is -0.397 e. The fraction of sp³-hybridized carbons (Fsp3) is 0.182. The van der Waals surface area contributed by atoms with Crippen molar-refractivity contribution in [2.45, 2.75) is 6.92 Å². The van der Waals surface area contributed by atoms with Crippen molar-refractivity contribution in [3.05, 3.63) is 36.2 Å². The Morgan fingerprint density at radius 3 is 2.87 bits per heavy atom. The second-order valence-electron chi connectivity index (χ2n) is 3.52. The SMILES string of the molecule is Cc1cc(N)cnc1N(C)c1ccc[nH]1. The zero-order chi connectivity index (χ0) is 10.8. The van der Waals surface area contributed by atoms with Crippen LogP contribution in [0, 0.1) is 6.92 Å². The Bertz CT molecular complexity index is 448. The first-order valence-electron chi connectivity index (χ1n) is 4.77. The molecule has 0 unspecified atom stereocenters. The predicted octanol–water partition coefficient (Wildman–Crippen LogP) is 2.07. The molecule has 3 N–H and O–H groups in total. The quantitative estimate of drug-likeness (QED) is 0.783. The van der Waals surface area contributed by atoms with Crippen LogP contribution in [0.4, 0.5) is 17.3 Å². The van der Waals surface area contributed by atoms with Crippen LogP contribution in [0.3, 0.4) is 0 Å². The molecule has 4 heteroatoms. The number of pyridine rings is 1. The average Bonchev–Trinajstić information content (AvgIpc) is 2.69. The number of nitrogens with zero attached hydrogens (tertiary/aromatic N) is 2. The maximum absolute atomic E-state index is 5.66. The minimum absolute atomic E-state index is 0.691. The lowest BCUT2D eigenvalue weighted by molar-refractivity contribution is 1.07. The molecule has 0 amide bonds. The van der Waals surface area contributed by atoms with Crippen LogP contribution in [0.15, 0.2) is 30.6 Å². The fourth-order valence-electron chi connectivity index (χ4n) is 1.58. The third-order valence-corrected chi connectivity index (χ3v) is 2.33. The number of hydrogen-bond acceptors (Lipinski definition) is 3. The van der Waals surface area contributed by atoms with Gasteiger partial charge in [0.1, 0.15) is 11.6 Å². The molecule has 0 fully saturated rings. The summed E-state index contributed by atoms with van der Waals surface area (Å²) in [7, 11) is 1.97. The van der Waals surface area contributed by atoms with Gasteiger partial charge in [-0.2, -0.15) is 0 Å². The van der Waals surface area contributed by atoms with E-state index >= 15 is 0 Å². The van der Waals surface area contributed by atoms with Gasteiger partial charge in [-0.15, -0.1) is 0 Å². The first-order valence-corrected chi connectivity index (χ1v) is 4.77. The Morgan fingerprint density at radius 2 is 2.27 bits per heavy atom. The van der Waals surface area contributed by atoms with Crippen molar-refractivity contribution < 1.29 is 0 Å². The Hall–Kier alpha value is -1.97. The Labute approximate surface area is 88.7 Å². The normalized spacial score (nSPS) is 10.3. The third kappa shape index (κ3) is 1.79. The first-order chi connectivity index (χ1) is 7.18. The average molecular weight is 202 g/mol. The molecular formula is C11H14N4. The van der Waals surface area contributed by atoms with Crippen molar-refractivity contribution in [2.75, 3.05) is 17.7 Å². The summed E-state index contributed by atoms with van der Waals surface area (Å²) in [4.78, 5) is 9.44. The lowest BCUT2D eigenvalue weighted by atomic mass is 10.2.